The number of thioether (sulfide) groups is 1. The molecule has 3 N–H and O–H groups in total. The van der Waals surface area contributed by atoms with Crippen molar-refractivity contribution in [2.75, 3.05) is 19.1 Å². The van der Waals surface area contributed by atoms with Gasteiger partial charge < -0.3 is 10.1 Å². The van der Waals surface area contributed by atoms with Crippen molar-refractivity contribution in [1.82, 2.24) is 16.2 Å². The molecule has 0 bridgehead atoms. The van der Waals surface area contributed by atoms with Crippen LogP contribution in [0, 0.1) is 6.92 Å². The van der Waals surface area contributed by atoms with Crippen molar-refractivity contribution in [2.24, 2.45) is 0 Å². The summed E-state index contributed by atoms with van der Waals surface area (Å²) in [4.78, 5) is 37.2. The van der Waals surface area contributed by atoms with Crippen LogP contribution in [0.5, 0.6) is 5.75 Å². The van der Waals surface area contributed by atoms with Crippen LogP contribution in [0.3, 0.4) is 0 Å². The standard InChI is InChI=1S/C21H25N3O4S/c1-14-4-6-16(7-5-14)20(26)23-24-21(27)18(12-13-29-3)22-19(25)15-8-10-17(28-2)11-9-15/h4-11,18H,12-13H2,1-3H3,(H,22,25)(H,23,26)(H,24,27)/t18-/m0/s1. The van der Waals surface area contributed by atoms with Crippen LogP contribution in [0.15, 0.2) is 48.5 Å². The number of methoxy groups -OCH3 is 1. The molecule has 0 fully saturated rings. The van der Waals surface area contributed by atoms with Crippen LogP contribution in [0.1, 0.15) is 32.7 Å². The normalized spacial score (nSPS) is 11.3. The summed E-state index contributed by atoms with van der Waals surface area (Å²) in [5.41, 5.74) is 6.66. The number of carbonyl (C=O) groups excluding carboxylic acids is 3. The molecule has 0 unspecified atom stereocenters. The third-order valence-electron chi connectivity index (χ3n) is 4.20. The lowest BCUT2D eigenvalue weighted by Gasteiger charge is -2.18. The van der Waals surface area contributed by atoms with Crippen LogP contribution < -0.4 is 20.9 Å². The fourth-order valence-electron chi connectivity index (χ4n) is 2.47. The van der Waals surface area contributed by atoms with E-state index in [1.54, 1.807) is 55.3 Å². The molecule has 0 aliphatic rings. The number of benzene rings is 2. The average Bonchev–Trinajstić information content (AvgIpc) is 2.75. The van der Waals surface area contributed by atoms with E-state index in [2.05, 4.69) is 16.2 Å². The highest BCUT2D eigenvalue weighted by atomic mass is 32.2. The van der Waals surface area contributed by atoms with Gasteiger partial charge in [0.05, 0.1) is 7.11 Å². The Kier molecular flexibility index (Phi) is 8.54. The van der Waals surface area contributed by atoms with E-state index >= 15 is 0 Å². The van der Waals surface area contributed by atoms with E-state index in [9.17, 15) is 14.4 Å². The molecule has 8 heteroatoms. The van der Waals surface area contributed by atoms with Crippen molar-refractivity contribution in [3.63, 3.8) is 0 Å². The van der Waals surface area contributed by atoms with Gasteiger partial charge in [0.25, 0.3) is 17.7 Å². The van der Waals surface area contributed by atoms with E-state index in [1.165, 1.54) is 0 Å². The maximum Gasteiger partial charge on any atom is 0.269 e. The smallest absolute Gasteiger partial charge is 0.269 e. The molecular formula is C21H25N3O4S. The Morgan fingerprint density at radius 1 is 0.931 bits per heavy atom. The first-order chi connectivity index (χ1) is 13.9. The zero-order chi connectivity index (χ0) is 21.2. The monoisotopic (exact) mass is 415 g/mol. The van der Waals surface area contributed by atoms with Gasteiger partial charge in [-0.3, -0.25) is 25.2 Å². The Labute approximate surface area is 174 Å². The van der Waals surface area contributed by atoms with Crippen LogP contribution in [0.4, 0.5) is 0 Å². The number of amides is 3. The predicted molar refractivity (Wildman–Crippen MR) is 114 cm³/mol. The molecule has 0 radical (unpaired) electrons. The topological polar surface area (TPSA) is 96.5 Å². The van der Waals surface area contributed by atoms with Crippen molar-refractivity contribution in [3.8, 4) is 5.75 Å². The third kappa shape index (κ3) is 6.83. The van der Waals surface area contributed by atoms with E-state index < -0.39 is 17.9 Å². The van der Waals surface area contributed by atoms with E-state index in [1.807, 2.05) is 25.3 Å². The first-order valence-corrected chi connectivity index (χ1v) is 10.4. The highest BCUT2D eigenvalue weighted by Crippen LogP contribution is 2.12. The van der Waals surface area contributed by atoms with E-state index in [4.69, 9.17) is 4.74 Å². The summed E-state index contributed by atoms with van der Waals surface area (Å²) in [6, 6.07) is 12.8. The highest BCUT2D eigenvalue weighted by molar-refractivity contribution is 7.98. The molecule has 0 saturated heterocycles. The maximum atomic E-state index is 12.5. The molecule has 29 heavy (non-hydrogen) atoms. The van der Waals surface area contributed by atoms with Gasteiger partial charge in [0, 0.05) is 11.1 Å². The van der Waals surface area contributed by atoms with Gasteiger partial charge in [-0.2, -0.15) is 11.8 Å². The molecule has 0 saturated carbocycles. The molecule has 7 nitrogen and oxygen atoms in total. The molecule has 2 rings (SSSR count). The van der Waals surface area contributed by atoms with E-state index in [-0.39, 0.29) is 5.91 Å². The fourth-order valence-corrected chi connectivity index (χ4v) is 2.94. The second-order valence-electron chi connectivity index (χ2n) is 6.35. The lowest BCUT2D eigenvalue weighted by molar-refractivity contribution is -0.123. The lowest BCUT2D eigenvalue weighted by Crippen LogP contribution is -2.52. The lowest BCUT2D eigenvalue weighted by atomic mass is 10.1. The van der Waals surface area contributed by atoms with Crippen molar-refractivity contribution in [2.45, 2.75) is 19.4 Å². The fraction of sp³-hybridized carbons (Fsp3) is 0.286. The average molecular weight is 416 g/mol. The highest BCUT2D eigenvalue weighted by Gasteiger charge is 2.22. The Hall–Kier alpha value is -3.00. The van der Waals surface area contributed by atoms with Gasteiger partial charge in [0.15, 0.2) is 0 Å². The summed E-state index contributed by atoms with van der Waals surface area (Å²) in [7, 11) is 1.54. The summed E-state index contributed by atoms with van der Waals surface area (Å²) < 4.78 is 5.08. The Bertz CT molecular complexity index is 838. The number of hydrazine groups is 1. The summed E-state index contributed by atoms with van der Waals surface area (Å²) in [5, 5.41) is 2.72. The van der Waals surface area contributed by atoms with Gasteiger partial charge >= 0.3 is 0 Å². The minimum absolute atomic E-state index is 0.376. The van der Waals surface area contributed by atoms with Crippen LogP contribution in [0.2, 0.25) is 0 Å². The van der Waals surface area contributed by atoms with Gasteiger partial charge in [-0.1, -0.05) is 17.7 Å². The second kappa shape index (κ2) is 11.1. The zero-order valence-electron chi connectivity index (χ0n) is 16.7. The molecule has 2 aromatic rings. The van der Waals surface area contributed by atoms with Crippen molar-refractivity contribution >= 4 is 29.5 Å². The molecule has 0 spiro atoms. The molecule has 0 heterocycles. The van der Waals surface area contributed by atoms with Crippen molar-refractivity contribution in [1.29, 1.82) is 0 Å². The number of nitrogens with one attached hydrogen (secondary N) is 3. The molecular weight excluding hydrogens is 390 g/mol. The van der Waals surface area contributed by atoms with Crippen molar-refractivity contribution < 1.29 is 19.1 Å². The molecule has 1 atom stereocenters. The number of carbonyl (C=O) groups is 3. The van der Waals surface area contributed by atoms with Crippen LogP contribution in [0.25, 0.3) is 0 Å². The van der Waals surface area contributed by atoms with Crippen LogP contribution in [-0.4, -0.2) is 42.9 Å². The largest absolute Gasteiger partial charge is 0.497 e. The summed E-state index contributed by atoms with van der Waals surface area (Å²) in [5.74, 6) is 0.0213. The molecule has 2 aromatic carbocycles. The Balaban J connectivity index is 1.97. The van der Waals surface area contributed by atoms with Gasteiger partial charge in [-0.25, -0.2) is 0 Å². The minimum atomic E-state index is -0.782. The summed E-state index contributed by atoms with van der Waals surface area (Å²) in [6.07, 6.45) is 2.34. The maximum absolute atomic E-state index is 12.5. The van der Waals surface area contributed by atoms with E-state index in [0.717, 1.165) is 5.56 Å². The summed E-state index contributed by atoms with van der Waals surface area (Å²) >= 11 is 1.56. The first-order valence-electron chi connectivity index (χ1n) is 9.05. The minimum Gasteiger partial charge on any atom is -0.497 e. The quantitative estimate of drug-likeness (QED) is 0.575. The molecule has 0 aliphatic carbocycles. The molecule has 0 aromatic heterocycles. The van der Waals surface area contributed by atoms with Crippen molar-refractivity contribution in [3.05, 3.63) is 65.2 Å². The van der Waals surface area contributed by atoms with Gasteiger partial charge in [-0.05, 0) is 61.8 Å². The number of ether oxygens (including phenoxy) is 1. The van der Waals surface area contributed by atoms with Crippen LogP contribution >= 0.6 is 11.8 Å². The van der Waals surface area contributed by atoms with Crippen LogP contribution in [-0.2, 0) is 4.79 Å². The number of hydrogen-bond acceptors (Lipinski definition) is 5. The first kappa shape index (κ1) is 22.3. The van der Waals surface area contributed by atoms with E-state index in [0.29, 0.717) is 29.1 Å². The number of aryl methyl sites for hydroxylation is 1. The SMILES string of the molecule is COc1ccc(C(=O)N[C@@H](CCSC)C(=O)NNC(=O)c2ccc(C)cc2)cc1. The van der Waals surface area contributed by atoms with Gasteiger partial charge in [0.2, 0.25) is 0 Å². The Morgan fingerprint density at radius 2 is 1.52 bits per heavy atom. The Morgan fingerprint density at radius 3 is 2.10 bits per heavy atom. The molecule has 0 aliphatic heterocycles. The number of hydrogen-bond donors (Lipinski definition) is 3. The predicted octanol–water partition coefficient (Wildman–Crippen LogP) is 2.32. The van der Waals surface area contributed by atoms with Gasteiger partial charge in [-0.15, -0.1) is 0 Å². The second-order valence-corrected chi connectivity index (χ2v) is 7.33. The molecule has 154 valence electrons. The summed E-state index contributed by atoms with van der Waals surface area (Å²) in [6.45, 7) is 1.92. The zero-order valence-corrected chi connectivity index (χ0v) is 17.5. The molecule has 3 amide bonds. The number of rotatable bonds is 8. The third-order valence-corrected chi connectivity index (χ3v) is 4.84. The van der Waals surface area contributed by atoms with Gasteiger partial charge in [0.1, 0.15) is 11.8 Å².